The Balaban J connectivity index is 2.33. The van der Waals surface area contributed by atoms with Crippen molar-refractivity contribution in [1.82, 2.24) is 5.32 Å². The second-order valence-electron chi connectivity index (χ2n) is 5.41. The predicted molar refractivity (Wildman–Crippen MR) is 66.8 cm³/mol. The third-order valence-corrected chi connectivity index (χ3v) is 3.73. The minimum atomic E-state index is -0.132. The van der Waals surface area contributed by atoms with Crippen molar-refractivity contribution in [1.29, 1.82) is 0 Å². The molecule has 0 aromatic carbocycles. The fourth-order valence-electron chi connectivity index (χ4n) is 2.44. The third kappa shape index (κ3) is 3.42. The first kappa shape index (κ1) is 14.5. The zero-order valence-electron chi connectivity index (χ0n) is 11.6. The number of rotatable bonds is 6. The van der Waals surface area contributed by atoms with Crippen LogP contribution < -0.4 is 5.32 Å². The van der Waals surface area contributed by atoms with Gasteiger partial charge in [0.05, 0.1) is 19.1 Å². The normalized spacial score (nSPS) is 28.3. The van der Waals surface area contributed by atoms with Crippen LogP contribution in [0.15, 0.2) is 0 Å². The predicted octanol–water partition coefficient (Wildman–Crippen LogP) is 1.73. The lowest BCUT2D eigenvalue weighted by atomic mass is 9.64. The van der Waals surface area contributed by atoms with Gasteiger partial charge in [0.2, 0.25) is 0 Å². The van der Waals surface area contributed by atoms with E-state index in [1.54, 1.807) is 7.11 Å². The molecule has 0 heterocycles. The van der Waals surface area contributed by atoms with Crippen molar-refractivity contribution in [2.24, 2.45) is 5.41 Å². The second kappa shape index (κ2) is 5.83. The van der Waals surface area contributed by atoms with Crippen molar-refractivity contribution >= 4 is 5.97 Å². The summed E-state index contributed by atoms with van der Waals surface area (Å²) in [6.07, 6.45) is 1.75. The minimum absolute atomic E-state index is 0.132. The second-order valence-corrected chi connectivity index (χ2v) is 5.41. The van der Waals surface area contributed by atoms with Crippen molar-refractivity contribution in [3.05, 3.63) is 0 Å². The molecular formula is C13H25NO3. The SMILES string of the molecule is CCOC(=O)CC(C)NC1CC(OC)C1(C)C. The van der Waals surface area contributed by atoms with Crippen LogP contribution in [0, 0.1) is 5.41 Å². The summed E-state index contributed by atoms with van der Waals surface area (Å²) in [6.45, 7) is 8.69. The number of hydrogen-bond acceptors (Lipinski definition) is 4. The van der Waals surface area contributed by atoms with Gasteiger partial charge in [-0.15, -0.1) is 0 Å². The molecule has 1 aliphatic rings. The molecule has 0 saturated heterocycles. The Kier molecular flexibility index (Phi) is 4.95. The molecule has 0 aromatic rings. The van der Waals surface area contributed by atoms with E-state index < -0.39 is 0 Å². The highest BCUT2D eigenvalue weighted by Gasteiger charge is 2.48. The number of hydrogen-bond donors (Lipinski definition) is 1. The zero-order chi connectivity index (χ0) is 13.1. The molecular weight excluding hydrogens is 218 g/mol. The lowest BCUT2D eigenvalue weighted by Crippen LogP contribution is -2.62. The number of methoxy groups -OCH3 is 1. The monoisotopic (exact) mass is 243 g/mol. The van der Waals surface area contributed by atoms with E-state index in [-0.39, 0.29) is 17.4 Å². The van der Waals surface area contributed by atoms with Crippen LogP contribution in [-0.2, 0) is 14.3 Å². The van der Waals surface area contributed by atoms with Crippen molar-refractivity contribution in [2.75, 3.05) is 13.7 Å². The topological polar surface area (TPSA) is 47.6 Å². The van der Waals surface area contributed by atoms with E-state index >= 15 is 0 Å². The smallest absolute Gasteiger partial charge is 0.307 e. The largest absolute Gasteiger partial charge is 0.466 e. The lowest BCUT2D eigenvalue weighted by Gasteiger charge is -2.52. The van der Waals surface area contributed by atoms with Crippen LogP contribution in [-0.4, -0.2) is 37.9 Å². The van der Waals surface area contributed by atoms with Crippen LogP contribution in [0.5, 0.6) is 0 Å². The molecule has 4 heteroatoms. The van der Waals surface area contributed by atoms with E-state index in [0.717, 1.165) is 6.42 Å². The third-order valence-electron chi connectivity index (χ3n) is 3.73. The van der Waals surface area contributed by atoms with E-state index in [1.807, 2.05) is 13.8 Å². The van der Waals surface area contributed by atoms with Crippen molar-refractivity contribution in [3.8, 4) is 0 Å². The van der Waals surface area contributed by atoms with Gasteiger partial charge in [-0.3, -0.25) is 4.79 Å². The average molecular weight is 243 g/mol. The summed E-state index contributed by atoms with van der Waals surface area (Å²) >= 11 is 0. The van der Waals surface area contributed by atoms with Crippen molar-refractivity contribution < 1.29 is 14.3 Å². The maximum Gasteiger partial charge on any atom is 0.307 e. The number of carbonyl (C=O) groups is 1. The number of ether oxygens (including phenoxy) is 2. The lowest BCUT2D eigenvalue weighted by molar-refractivity contribution is -0.144. The van der Waals surface area contributed by atoms with E-state index in [4.69, 9.17) is 9.47 Å². The van der Waals surface area contributed by atoms with Gasteiger partial charge in [-0.05, 0) is 20.3 Å². The van der Waals surface area contributed by atoms with E-state index in [9.17, 15) is 4.79 Å². The highest BCUT2D eigenvalue weighted by Crippen LogP contribution is 2.42. The first-order valence-corrected chi connectivity index (χ1v) is 6.36. The summed E-state index contributed by atoms with van der Waals surface area (Å²) in [7, 11) is 1.75. The Bertz CT molecular complexity index is 265. The fourth-order valence-corrected chi connectivity index (χ4v) is 2.44. The van der Waals surface area contributed by atoms with Gasteiger partial charge in [-0.1, -0.05) is 13.8 Å². The van der Waals surface area contributed by atoms with Gasteiger partial charge in [0.25, 0.3) is 0 Å². The molecule has 0 radical (unpaired) electrons. The molecule has 1 fully saturated rings. The van der Waals surface area contributed by atoms with E-state index in [1.165, 1.54) is 0 Å². The molecule has 1 N–H and O–H groups in total. The van der Waals surface area contributed by atoms with Crippen LogP contribution in [0.1, 0.15) is 40.5 Å². The molecule has 0 aromatic heterocycles. The Labute approximate surface area is 104 Å². The summed E-state index contributed by atoms with van der Waals surface area (Å²) in [4.78, 5) is 11.3. The Morgan fingerprint density at radius 3 is 2.65 bits per heavy atom. The summed E-state index contributed by atoms with van der Waals surface area (Å²) in [6, 6.07) is 0.563. The maximum atomic E-state index is 11.3. The van der Waals surface area contributed by atoms with Crippen LogP contribution in [0.4, 0.5) is 0 Å². The van der Waals surface area contributed by atoms with Gasteiger partial charge in [0.15, 0.2) is 0 Å². The summed E-state index contributed by atoms with van der Waals surface area (Å²) < 4.78 is 10.3. The number of carbonyl (C=O) groups excluding carboxylic acids is 1. The van der Waals surface area contributed by atoms with Gasteiger partial charge in [0, 0.05) is 24.6 Å². The van der Waals surface area contributed by atoms with E-state index in [0.29, 0.717) is 25.2 Å². The fraction of sp³-hybridized carbons (Fsp3) is 0.923. The summed E-state index contributed by atoms with van der Waals surface area (Å²) in [5, 5.41) is 3.48. The van der Waals surface area contributed by atoms with Crippen molar-refractivity contribution in [3.63, 3.8) is 0 Å². The Hall–Kier alpha value is -0.610. The van der Waals surface area contributed by atoms with Crippen LogP contribution in [0.25, 0.3) is 0 Å². The Morgan fingerprint density at radius 2 is 2.18 bits per heavy atom. The molecule has 4 nitrogen and oxygen atoms in total. The van der Waals surface area contributed by atoms with Crippen molar-refractivity contribution in [2.45, 2.75) is 58.7 Å². The van der Waals surface area contributed by atoms with Gasteiger partial charge in [0.1, 0.15) is 0 Å². The summed E-state index contributed by atoms with van der Waals surface area (Å²) in [5.41, 5.74) is 0.137. The summed E-state index contributed by atoms with van der Waals surface area (Å²) in [5.74, 6) is -0.132. The van der Waals surface area contributed by atoms with Crippen LogP contribution in [0.2, 0.25) is 0 Å². The first-order chi connectivity index (χ1) is 7.91. The average Bonchev–Trinajstić information content (AvgIpc) is 2.23. The molecule has 0 spiro atoms. The molecule has 0 aliphatic heterocycles. The number of nitrogens with one attached hydrogen (secondary N) is 1. The molecule has 0 bridgehead atoms. The quantitative estimate of drug-likeness (QED) is 0.722. The molecule has 3 atom stereocenters. The molecule has 1 saturated carbocycles. The molecule has 3 unspecified atom stereocenters. The van der Waals surface area contributed by atoms with Gasteiger partial charge < -0.3 is 14.8 Å². The molecule has 0 amide bonds. The number of esters is 1. The highest BCUT2D eigenvalue weighted by molar-refractivity contribution is 5.70. The molecule has 100 valence electrons. The molecule has 1 rings (SSSR count). The first-order valence-electron chi connectivity index (χ1n) is 6.36. The van der Waals surface area contributed by atoms with Crippen LogP contribution in [0.3, 0.4) is 0 Å². The van der Waals surface area contributed by atoms with Gasteiger partial charge in [-0.25, -0.2) is 0 Å². The van der Waals surface area contributed by atoms with Crippen LogP contribution >= 0.6 is 0 Å². The van der Waals surface area contributed by atoms with E-state index in [2.05, 4.69) is 19.2 Å². The van der Waals surface area contributed by atoms with Gasteiger partial charge in [-0.2, -0.15) is 0 Å². The standard InChI is InChI=1S/C13H25NO3/c1-6-17-12(15)7-9(2)14-10-8-11(16-5)13(10,3)4/h9-11,14H,6-8H2,1-5H3. The zero-order valence-corrected chi connectivity index (χ0v) is 11.6. The molecule has 17 heavy (non-hydrogen) atoms. The highest BCUT2D eigenvalue weighted by atomic mass is 16.5. The van der Waals surface area contributed by atoms with Gasteiger partial charge >= 0.3 is 5.97 Å². The molecule has 1 aliphatic carbocycles. The maximum absolute atomic E-state index is 11.3. The minimum Gasteiger partial charge on any atom is -0.466 e. The Morgan fingerprint density at radius 1 is 1.53 bits per heavy atom.